The molecule has 1 N–H and O–H groups in total. The van der Waals surface area contributed by atoms with Crippen LogP contribution in [0, 0.1) is 11.7 Å². The number of amides is 2. The van der Waals surface area contributed by atoms with Crippen LogP contribution in [0.25, 0.3) is 11.0 Å². The number of para-hydroxylation sites is 1. The Morgan fingerprint density at radius 1 is 1.05 bits per heavy atom. The Kier molecular flexibility index (Phi) is 6.72. The van der Waals surface area contributed by atoms with E-state index in [0.29, 0.717) is 33.8 Å². The highest BCUT2D eigenvalue weighted by Gasteiger charge is 2.33. The number of aromatic nitrogens is 3. The second-order valence-corrected chi connectivity index (χ2v) is 9.13. The van der Waals surface area contributed by atoms with Crippen molar-refractivity contribution in [1.29, 1.82) is 0 Å². The molecule has 9 nitrogen and oxygen atoms in total. The third-order valence-electron chi connectivity index (χ3n) is 6.17. The van der Waals surface area contributed by atoms with Gasteiger partial charge in [0.05, 0.1) is 5.52 Å². The molecule has 1 aliphatic rings. The highest BCUT2D eigenvalue weighted by molar-refractivity contribution is 5.97. The molecule has 10 heteroatoms. The summed E-state index contributed by atoms with van der Waals surface area (Å²) < 4.78 is 25.8. The van der Waals surface area contributed by atoms with Crippen molar-refractivity contribution < 1.29 is 23.5 Å². The maximum atomic E-state index is 13.7. The van der Waals surface area contributed by atoms with Crippen LogP contribution in [-0.2, 0) is 22.7 Å². The molecular formula is C27H26FN5O4. The number of fused-ring (bicyclic) bond motifs is 2. The lowest BCUT2D eigenvalue weighted by molar-refractivity contribution is -0.141. The lowest BCUT2D eigenvalue weighted by atomic mass is 10.00. The third kappa shape index (κ3) is 5.23. The van der Waals surface area contributed by atoms with E-state index in [1.807, 2.05) is 38.1 Å². The van der Waals surface area contributed by atoms with Crippen molar-refractivity contribution in [3.05, 3.63) is 78.1 Å². The molecule has 37 heavy (non-hydrogen) atoms. The molecule has 0 unspecified atom stereocenters. The Morgan fingerprint density at radius 3 is 2.59 bits per heavy atom. The maximum absolute atomic E-state index is 13.7. The summed E-state index contributed by atoms with van der Waals surface area (Å²) in [5.41, 5.74) is 2.60. The van der Waals surface area contributed by atoms with Crippen LogP contribution >= 0.6 is 0 Å². The Hall–Kier alpha value is -4.47. The fourth-order valence-corrected chi connectivity index (χ4v) is 4.38. The zero-order valence-corrected chi connectivity index (χ0v) is 20.4. The molecule has 190 valence electrons. The van der Waals surface area contributed by atoms with Crippen LogP contribution < -0.4 is 14.8 Å². The molecule has 3 aromatic carbocycles. The first kappa shape index (κ1) is 24.2. The zero-order valence-electron chi connectivity index (χ0n) is 20.4. The van der Waals surface area contributed by atoms with Crippen molar-refractivity contribution in [2.24, 2.45) is 5.92 Å². The van der Waals surface area contributed by atoms with Crippen LogP contribution in [-0.4, -0.2) is 44.5 Å². The topological polar surface area (TPSA) is 98.6 Å². The largest absolute Gasteiger partial charge is 0.454 e. The van der Waals surface area contributed by atoms with Crippen molar-refractivity contribution in [2.45, 2.75) is 33.0 Å². The number of hydrogen-bond acceptors (Lipinski definition) is 6. The molecule has 2 heterocycles. The molecule has 0 fully saturated rings. The van der Waals surface area contributed by atoms with Gasteiger partial charge in [-0.15, -0.1) is 5.10 Å². The van der Waals surface area contributed by atoms with Gasteiger partial charge in [-0.2, -0.15) is 0 Å². The first-order chi connectivity index (χ1) is 17.9. The number of anilines is 1. The third-order valence-corrected chi connectivity index (χ3v) is 6.17. The number of halogens is 1. The van der Waals surface area contributed by atoms with Gasteiger partial charge in [-0.3, -0.25) is 9.59 Å². The van der Waals surface area contributed by atoms with Crippen LogP contribution in [0.3, 0.4) is 0 Å². The molecule has 0 spiro atoms. The minimum absolute atomic E-state index is 0.109. The number of nitrogens with zero attached hydrogens (tertiary/aromatic N) is 4. The van der Waals surface area contributed by atoms with E-state index < -0.39 is 6.04 Å². The van der Waals surface area contributed by atoms with Gasteiger partial charge in [0.2, 0.25) is 18.6 Å². The predicted octanol–water partition coefficient (Wildman–Crippen LogP) is 3.99. The number of nitrogens with one attached hydrogen (secondary N) is 1. The summed E-state index contributed by atoms with van der Waals surface area (Å²) in [6.45, 7) is 3.88. The second-order valence-electron chi connectivity index (χ2n) is 9.13. The molecule has 2 amide bonds. The smallest absolute Gasteiger partial charge is 0.247 e. The molecule has 0 aliphatic carbocycles. The van der Waals surface area contributed by atoms with Gasteiger partial charge in [0.25, 0.3) is 0 Å². The first-order valence-electron chi connectivity index (χ1n) is 11.9. The van der Waals surface area contributed by atoms with Crippen molar-refractivity contribution in [2.75, 3.05) is 12.1 Å². The number of rotatable bonds is 8. The number of benzene rings is 3. The zero-order chi connectivity index (χ0) is 25.9. The fraction of sp³-hybridized carbons (Fsp3) is 0.259. The molecule has 0 saturated heterocycles. The van der Waals surface area contributed by atoms with Crippen molar-refractivity contribution in [1.82, 2.24) is 19.9 Å². The summed E-state index contributed by atoms with van der Waals surface area (Å²) in [5.74, 6) is -0.141. The minimum Gasteiger partial charge on any atom is -0.454 e. The lowest BCUT2D eigenvalue weighted by Crippen LogP contribution is -2.50. The van der Waals surface area contributed by atoms with E-state index in [1.54, 1.807) is 30.3 Å². The van der Waals surface area contributed by atoms with E-state index in [9.17, 15) is 14.0 Å². The fourth-order valence-electron chi connectivity index (χ4n) is 4.38. The van der Waals surface area contributed by atoms with Crippen LogP contribution in [0.15, 0.2) is 66.7 Å². The molecule has 0 radical (unpaired) electrons. The summed E-state index contributed by atoms with van der Waals surface area (Å²) in [6.07, 6.45) is 0. The minimum atomic E-state index is -0.822. The van der Waals surface area contributed by atoms with Crippen molar-refractivity contribution in [3.63, 3.8) is 0 Å². The number of carbonyl (C=O) groups excluding carboxylic acids is 2. The summed E-state index contributed by atoms with van der Waals surface area (Å²) in [4.78, 5) is 28.8. The molecule has 1 aromatic heterocycles. The van der Waals surface area contributed by atoms with E-state index in [1.165, 1.54) is 21.7 Å². The summed E-state index contributed by atoms with van der Waals surface area (Å²) in [7, 11) is 0. The molecule has 1 atom stereocenters. The molecule has 4 aromatic rings. The van der Waals surface area contributed by atoms with Crippen molar-refractivity contribution >= 4 is 28.5 Å². The van der Waals surface area contributed by atoms with E-state index >= 15 is 0 Å². The molecule has 1 aliphatic heterocycles. The summed E-state index contributed by atoms with van der Waals surface area (Å²) >= 11 is 0. The van der Waals surface area contributed by atoms with Gasteiger partial charge in [0.1, 0.15) is 23.9 Å². The average molecular weight is 504 g/mol. The molecule has 5 rings (SSSR count). The summed E-state index contributed by atoms with van der Waals surface area (Å²) in [5, 5.41) is 11.2. The second kappa shape index (κ2) is 10.3. The number of ether oxygens (including phenoxy) is 2. The highest BCUT2D eigenvalue weighted by atomic mass is 19.1. The van der Waals surface area contributed by atoms with Crippen molar-refractivity contribution in [3.8, 4) is 11.5 Å². The monoisotopic (exact) mass is 503 g/mol. The Balaban J connectivity index is 1.44. The van der Waals surface area contributed by atoms with E-state index in [0.717, 1.165) is 0 Å². The lowest BCUT2D eigenvalue weighted by Gasteiger charge is -2.33. The van der Waals surface area contributed by atoms with Gasteiger partial charge in [-0.25, -0.2) is 9.07 Å². The Bertz CT molecular complexity index is 1440. The SMILES string of the molecule is CC(C)[C@@H](C(=O)Nc1ccc2c(c1)OCO2)N(Cc1ccc(F)cc1)C(=O)Cn1nnc2ccccc21. The molecular weight excluding hydrogens is 477 g/mol. The standard InChI is InChI=1S/C27H26FN5O4/c1-17(2)26(27(35)29-20-11-12-23-24(13-20)37-16-36-23)32(14-18-7-9-19(28)10-8-18)25(34)15-33-22-6-4-3-5-21(22)30-31-33/h3-13,17,26H,14-16H2,1-2H3,(H,29,35)/t26-/m0/s1. The van der Waals surface area contributed by atoms with E-state index in [-0.39, 0.29) is 43.4 Å². The number of carbonyl (C=O) groups is 2. The van der Waals surface area contributed by atoms with E-state index in [2.05, 4.69) is 15.6 Å². The normalized spacial score (nSPS) is 13.1. The first-order valence-corrected chi connectivity index (χ1v) is 11.9. The maximum Gasteiger partial charge on any atom is 0.247 e. The predicted molar refractivity (Wildman–Crippen MR) is 134 cm³/mol. The van der Waals surface area contributed by atoms with Gasteiger partial charge in [0, 0.05) is 18.3 Å². The molecule has 0 saturated carbocycles. The quantitative estimate of drug-likeness (QED) is 0.390. The average Bonchev–Trinajstić information content (AvgIpc) is 3.51. The van der Waals surface area contributed by atoms with Gasteiger partial charge in [-0.05, 0) is 47.9 Å². The molecule has 0 bridgehead atoms. The summed E-state index contributed by atoms with van der Waals surface area (Å²) in [6, 6.07) is 17.5. The van der Waals surface area contributed by atoms with Gasteiger partial charge in [-0.1, -0.05) is 43.3 Å². The van der Waals surface area contributed by atoms with Gasteiger partial charge in [0.15, 0.2) is 11.5 Å². The van der Waals surface area contributed by atoms with E-state index in [4.69, 9.17) is 9.47 Å². The van der Waals surface area contributed by atoms with Crippen LogP contribution in [0.2, 0.25) is 0 Å². The Labute approximate surface area is 212 Å². The van der Waals surface area contributed by atoms with Crippen LogP contribution in [0.1, 0.15) is 19.4 Å². The highest BCUT2D eigenvalue weighted by Crippen LogP contribution is 2.34. The van der Waals surface area contributed by atoms with Crippen LogP contribution in [0.5, 0.6) is 11.5 Å². The van der Waals surface area contributed by atoms with Gasteiger partial charge >= 0.3 is 0 Å². The van der Waals surface area contributed by atoms with Crippen LogP contribution in [0.4, 0.5) is 10.1 Å². The number of hydrogen-bond donors (Lipinski definition) is 1. The Morgan fingerprint density at radius 2 is 1.81 bits per heavy atom. The van der Waals surface area contributed by atoms with Gasteiger partial charge < -0.3 is 19.7 Å².